The Morgan fingerprint density at radius 2 is 1.88 bits per heavy atom. The number of anilines is 2. The predicted molar refractivity (Wildman–Crippen MR) is 86.6 cm³/mol. The number of ether oxygens (including phenoxy) is 1. The molecule has 1 aromatic carbocycles. The van der Waals surface area contributed by atoms with Crippen LogP contribution in [-0.2, 0) is 6.18 Å². The molecule has 0 amide bonds. The van der Waals surface area contributed by atoms with E-state index < -0.39 is 17.6 Å². The van der Waals surface area contributed by atoms with Gasteiger partial charge in [-0.25, -0.2) is 4.98 Å². The number of hydrogen-bond donors (Lipinski definition) is 0. The normalized spacial score (nSPS) is 11.7. The maximum absolute atomic E-state index is 13.1. The summed E-state index contributed by atoms with van der Waals surface area (Å²) < 4.78 is 44.6. The molecule has 0 saturated carbocycles. The van der Waals surface area contributed by atoms with E-state index >= 15 is 0 Å². The Morgan fingerprint density at radius 1 is 1.21 bits per heavy atom. The van der Waals surface area contributed by atoms with Crippen molar-refractivity contribution in [1.82, 2.24) is 9.97 Å². The number of alkyl halides is 3. The Hall–Kier alpha value is -2.31. The Labute approximate surface area is 139 Å². The van der Waals surface area contributed by atoms with Gasteiger partial charge >= 0.3 is 6.18 Å². The van der Waals surface area contributed by atoms with E-state index in [0.29, 0.717) is 0 Å². The fraction of sp³-hybridized carbons (Fsp3) is 0.412. The van der Waals surface area contributed by atoms with Gasteiger partial charge in [0.05, 0.1) is 6.61 Å². The van der Waals surface area contributed by atoms with Crippen molar-refractivity contribution in [1.29, 1.82) is 0 Å². The molecule has 2 rings (SSSR count). The molecule has 24 heavy (non-hydrogen) atoms. The number of para-hydroxylation sites is 1. The number of hydrogen-bond acceptors (Lipinski definition) is 4. The number of benzene rings is 1. The van der Waals surface area contributed by atoms with Crippen LogP contribution >= 0.6 is 0 Å². The highest BCUT2D eigenvalue weighted by molar-refractivity contribution is 5.61. The third-order valence-corrected chi connectivity index (χ3v) is 3.38. The number of aryl methyl sites for hydroxylation is 1. The van der Waals surface area contributed by atoms with Crippen LogP contribution in [0.1, 0.15) is 25.0 Å². The lowest BCUT2D eigenvalue weighted by atomic mass is 10.2. The molecule has 7 heteroatoms. The van der Waals surface area contributed by atoms with Crippen molar-refractivity contribution >= 4 is 11.6 Å². The van der Waals surface area contributed by atoms with E-state index in [1.54, 1.807) is 11.9 Å². The average molecular weight is 339 g/mol. The lowest BCUT2D eigenvalue weighted by Crippen LogP contribution is -2.18. The van der Waals surface area contributed by atoms with E-state index in [0.717, 1.165) is 17.4 Å². The lowest BCUT2D eigenvalue weighted by Gasteiger charge is -2.21. The van der Waals surface area contributed by atoms with Crippen LogP contribution in [0.15, 0.2) is 30.5 Å². The zero-order valence-electron chi connectivity index (χ0n) is 14.1. The van der Waals surface area contributed by atoms with Crippen LogP contribution < -0.4 is 9.64 Å². The smallest absolute Gasteiger partial charge is 0.423 e. The lowest BCUT2D eigenvalue weighted by molar-refractivity contribution is -0.139. The molecule has 0 N–H and O–H groups in total. The zero-order chi connectivity index (χ0) is 17.9. The van der Waals surface area contributed by atoms with Gasteiger partial charge in [0.15, 0.2) is 0 Å². The van der Waals surface area contributed by atoms with E-state index in [1.807, 2.05) is 45.0 Å². The second kappa shape index (κ2) is 7.07. The molecular weight excluding hydrogens is 319 g/mol. The molecule has 1 aromatic heterocycles. The maximum atomic E-state index is 13.1. The number of rotatable bonds is 5. The Bertz CT molecular complexity index is 702. The minimum absolute atomic E-state index is 0.0820. The van der Waals surface area contributed by atoms with Crippen molar-refractivity contribution in [2.45, 2.75) is 26.9 Å². The van der Waals surface area contributed by atoms with E-state index in [-0.39, 0.29) is 18.5 Å². The molecule has 1 heterocycles. The SMILES string of the molecule is Cc1ccccc1N(C)c1ncc(C(F)(F)F)c(OCC(C)C)n1. The Morgan fingerprint density at radius 3 is 2.46 bits per heavy atom. The molecule has 0 atom stereocenters. The molecule has 0 aliphatic rings. The fourth-order valence-electron chi connectivity index (χ4n) is 2.12. The maximum Gasteiger partial charge on any atom is 0.423 e. The Kier molecular flexibility index (Phi) is 5.31. The van der Waals surface area contributed by atoms with Gasteiger partial charge in [-0.2, -0.15) is 18.2 Å². The molecule has 0 spiro atoms. The molecule has 0 fully saturated rings. The molecular formula is C17H20F3N3O. The third-order valence-electron chi connectivity index (χ3n) is 3.38. The van der Waals surface area contributed by atoms with E-state index in [4.69, 9.17) is 4.74 Å². The molecule has 0 aliphatic carbocycles. The highest BCUT2D eigenvalue weighted by atomic mass is 19.4. The van der Waals surface area contributed by atoms with Gasteiger partial charge in [-0.1, -0.05) is 32.0 Å². The van der Waals surface area contributed by atoms with Crippen molar-refractivity contribution in [2.24, 2.45) is 5.92 Å². The zero-order valence-corrected chi connectivity index (χ0v) is 14.1. The standard InChI is InChI=1S/C17H20F3N3O/c1-11(2)10-24-15-13(17(18,19)20)9-21-16(22-15)23(4)14-8-6-5-7-12(14)3/h5-9,11H,10H2,1-4H3. The molecule has 0 bridgehead atoms. The van der Waals surface area contributed by atoms with Crippen LogP contribution in [-0.4, -0.2) is 23.6 Å². The summed E-state index contributed by atoms with van der Waals surface area (Å²) in [6.45, 7) is 5.77. The van der Waals surface area contributed by atoms with Crippen LogP contribution in [0, 0.1) is 12.8 Å². The summed E-state index contributed by atoms with van der Waals surface area (Å²) in [4.78, 5) is 9.50. The molecule has 2 aromatic rings. The van der Waals surface area contributed by atoms with Gasteiger partial charge < -0.3 is 9.64 Å². The first-order valence-corrected chi connectivity index (χ1v) is 7.56. The van der Waals surface area contributed by atoms with Crippen molar-refractivity contribution in [3.8, 4) is 5.88 Å². The van der Waals surface area contributed by atoms with Crippen molar-refractivity contribution in [3.05, 3.63) is 41.6 Å². The summed E-state index contributed by atoms with van der Waals surface area (Å²) >= 11 is 0. The van der Waals surface area contributed by atoms with Crippen molar-refractivity contribution in [3.63, 3.8) is 0 Å². The van der Waals surface area contributed by atoms with E-state index in [9.17, 15) is 13.2 Å². The third kappa shape index (κ3) is 4.15. The van der Waals surface area contributed by atoms with Crippen LogP contribution in [0.3, 0.4) is 0 Å². The summed E-state index contributed by atoms with van der Waals surface area (Å²) in [5, 5.41) is 0. The van der Waals surface area contributed by atoms with Crippen LogP contribution in [0.2, 0.25) is 0 Å². The van der Waals surface area contributed by atoms with Crippen LogP contribution in [0.5, 0.6) is 5.88 Å². The van der Waals surface area contributed by atoms with Crippen molar-refractivity contribution in [2.75, 3.05) is 18.6 Å². The summed E-state index contributed by atoms with van der Waals surface area (Å²) in [5.74, 6) is -0.212. The minimum Gasteiger partial charge on any atom is -0.477 e. The number of aromatic nitrogens is 2. The average Bonchev–Trinajstić information content (AvgIpc) is 2.51. The van der Waals surface area contributed by atoms with Crippen LogP contribution in [0.25, 0.3) is 0 Å². The second-order valence-corrected chi connectivity index (χ2v) is 5.94. The molecule has 4 nitrogen and oxygen atoms in total. The van der Waals surface area contributed by atoms with Gasteiger partial charge in [0, 0.05) is 18.9 Å². The van der Waals surface area contributed by atoms with E-state index in [2.05, 4.69) is 9.97 Å². The van der Waals surface area contributed by atoms with Gasteiger partial charge in [-0.05, 0) is 24.5 Å². The highest BCUT2D eigenvalue weighted by Gasteiger charge is 2.36. The van der Waals surface area contributed by atoms with Gasteiger partial charge in [0.25, 0.3) is 0 Å². The summed E-state index contributed by atoms with van der Waals surface area (Å²) in [6.07, 6.45) is -3.79. The molecule has 0 aliphatic heterocycles. The second-order valence-electron chi connectivity index (χ2n) is 5.94. The highest BCUT2D eigenvalue weighted by Crippen LogP contribution is 2.36. The minimum atomic E-state index is -4.56. The molecule has 0 unspecified atom stereocenters. The molecule has 0 saturated heterocycles. The van der Waals surface area contributed by atoms with Crippen molar-refractivity contribution < 1.29 is 17.9 Å². The van der Waals surface area contributed by atoms with Gasteiger partial charge in [-0.3, -0.25) is 0 Å². The largest absolute Gasteiger partial charge is 0.477 e. The summed E-state index contributed by atoms with van der Waals surface area (Å²) in [5.41, 5.74) is 0.810. The van der Waals surface area contributed by atoms with Gasteiger partial charge in [-0.15, -0.1) is 0 Å². The van der Waals surface area contributed by atoms with Gasteiger partial charge in [0.2, 0.25) is 11.8 Å². The number of halogens is 3. The van der Waals surface area contributed by atoms with Gasteiger partial charge in [0.1, 0.15) is 5.56 Å². The van der Waals surface area contributed by atoms with Crippen LogP contribution in [0.4, 0.5) is 24.8 Å². The first-order valence-electron chi connectivity index (χ1n) is 7.56. The quantitative estimate of drug-likeness (QED) is 0.797. The Balaban J connectivity index is 2.41. The fourth-order valence-corrected chi connectivity index (χ4v) is 2.12. The first kappa shape index (κ1) is 18.0. The molecule has 130 valence electrons. The molecule has 0 radical (unpaired) electrons. The predicted octanol–water partition coefficient (Wildman–Crippen LogP) is 4.61. The summed E-state index contributed by atoms with van der Waals surface area (Å²) in [6, 6.07) is 7.49. The monoisotopic (exact) mass is 339 g/mol. The number of nitrogens with zero attached hydrogens (tertiary/aromatic N) is 3. The van der Waals surface area contributed by atoms with E-state index in [1.165, 1.54) is 0 Å². The summed E-state index contributed by atoms with van der Waals surface area (Å²) in [7, 11) is 1.71. The first-order chi connectivity index (χ1) is 11.2. The topological polar surface area (TPSA) is 38.2 Å².